The summed E-state index contributed by atoms with van der Waals surface area (Å²) >= 11 is 0. The molecule has 0 bridgehead atoms. The number of carbonyl (C=O) groups is 2. The van der Waals surface area contributed by atoms with Gasteiger partial charge in [-0.05, 0) is 38.5 Å². The summed E-state index contributed by atoms with van der Waals surface area (Å²) in [7, 11) is -4.75. The second kappa shape index (κ2) is 45.3. The Bertz CT molecular complexity index is 951. The smallest absolute Gasteiger partial charge is 0.462 e. The van der Waals surface area contributed by atoms with Crippen LogP contribution >= 0.6 is 7.82 Å². The summed E-state index contributed by atoms with van der Waals surface area (Å²) in [5, 5.41) is 0. The second-order valence-corrected chi connectivity index (χ2v) is 18.4. The second-order valence-electron chi connectivity index (χ2n) is 17.2. The molecule has 0 aromatic rings. The Morgan fingerprint density at radius 1 is 0.431 bits per heavy atom. The predicted octanol–water partition coefficient (Wildman–Crippen LogP) is 15.8. The van der Waals surface area contributed by atoms with Crippen molar-refractivity contribution < 1.29 is 37.9 Å². The van der Waals surface area contributed by atoms with Crippen LogP contribution in [-0.4, -0.2) is 41.0 Å². The van der Waals surface area contributed by atoms with Crippen molar-refractivity contribution in [2.75, 3.05) is 13.2 Å². The summed E-state index contributed by atoms with van der Waals surface area (Å²) < 4.78 is 26.5. The van der Waals surface area contributed by atoms with Crippen molar-refractivity contribution in [1.29, 1.82) is 0 Å². The molecule has 58 heavy (non-hydrogen) atoms. The van der Waals surface area contributed by atoms with Crippen LogP contribution in [0.25, 0.3) is 0 Å². The first-order valence-electron chi connectivity index (χ1n) is 25.0. The molecule has 8 nitrogen and oxygen atoms in total. The molecular formula is C49H95O8P. The number of esters is 2. The minimum Gasteiger partial charge on any atom is -0.462 e. The molecule has 0 aromatic heterocycles. The Kier molecular flexibility index (Phi) is 44.4. The molecule has 0 radical (unpaired) electrons. The van der Waals surface area contributed by atoms with E-state index in [0.29, 0.717) is 6.42 Å². The van der Waals surface area contributed by atoms with E-state index in [0.717, 1.165) is 44.9 Å². The van der Waals surface area contributed by atoms with Crippen molar-refractivity contribution in [3.05, 3.63) is 12.2 Å². The van der Waals surface area contributed by atoms with Crippen LogP contribution in [0.1, 0.15) is 271 Å². The molecular weight excluding hydrogens is 748 g/mol. The molecule has 1 unspecified atom stereocenters. The van der Waals surface area contributed by atoms with Crippen LogP contribution in [0, 0.1) is 0 Å². The Hall–Kier alpha value is -1.21. The minimum atomic E-state index is -4.75. The third-order valence-corrected chi connectivity index (χ3v) is 11.8. The number of ether oxygens (including phenoxy) is 2. The number of phosphoric ester groups is 1. The summed E-state index contributed by atoms with van der Waals surface area (Å²) in [6, 6.07) is 0. The number of hydrogen-bond donors (Lipinski definition) is 2. The van der Waals surface area contributed by atoms with Gasteiger partial charge in [0.1, 0.15) is 6.61 Å². The lowest BCUT2D eigenvalue weighted by atomic mass is 10.0. The molecule has 0 fully saturated rings. The standard InChI is InChI=1S/C49H95O8P/c1-3-5-7-9-11-13-15-17-19-21-22-23-24-25-26-28-29-31-33-35-37-39-41-43-48(50)55-45-47(46-56-58(52,53)54)57-49(51)44-42-40-38-36-34-32-30-27-20-18-16-14-12-10-8-6-4-2/h18,20,47H,3-17,19,21-46H2,1-2H3,(H2,52,53,54)/b20-18-. The summed E-state index contributed by atoms with van der Waals surface area (Å²) in [6.07, 6.45) is 52.3. The van der Waals surface area contributed by atoms with Gasteiger partial charge in [-0.25, -0.2) is 4.57 Å². The Morgan fingerprint density at radius 3 is 1.05 bits per heavy atom. The largest absolute Gasteiger partial charge is 0.469 e. The van der Waals surface area contributed by atoms with Crippen LogP contribution in [0.15, 0.2) is 12.2 Å². The van der Waals surface area contributed by atoms with Crippen molar-refractivity contribution in [1.82, 2.24) is 0 Å². The van der Waals surface area contributed by atoms with Crippen molar-refractivity contribution in [3.8, 4) is 0 Å². The monoisotopic (exact) mass is 843 g/mol. The number of allylic oxidation sites excluding steroid dienone is 2. The molecule has 0 aromatic carbocycles. The van der Waals surface area contributed by atoms with E-state index in [2.05, 4.69) is 30.5 Å². The van der Waals surface area contributed by atoms with Gasteiger partial charge in [0.05, 0.1) is 6.61 Å². The van der Waals surface area contributed by atoms with Crippen molar-refractivity contribution >= 4 is 19.8 Å². The maximum atomic E-state index is 12.4. The van der Waals surface area contributed by atoms with E-state index in [1.807, 2.05) is 0 Å². The number of hydrogen-bond acceptors (Lipinski definition) is 6. The third kappa shape index (κ3) is 47.5. The van der Waals surface area contributed by atoms with Crippen LogP contribution in [0.4, 0.5) is 0 Å². The maximum Gasteiger partial charge on any atom is 0.469 e. The van der Waals surface area contributed by atoms with Gasteiger partial charge in [0, 0.05) is 12.8 Å². The lowest BCUT2D eigenvalue weighted by Crippen LogP contribution is -2.29. The number of rotatable bonds is 47. The molecule has 0 aliphatic rings. The molecule has 0 spiro atoms. The van der Waals surface area contributed by atoms with Crippen molar-refractivity contribution in [3.63, 3.8) is 0 Å². The minimum absolute atomic E-state index is 0.212. The first-order valence-corrected chi connectivity index (χ1v) is 26.5. The lowest BCUT2D eigenvalue weighted by molar-refractivity contribution is -0.161. The van der Waals surface area contributed by atoms with E-state index < -0.39 is 32.5 Å². The highest BCUT2D eigenvalue weighted by Crippen LogP contribution is 2.36. The highest BCUT2D eigenvalue weighted by Gasteiger charge is 2.23. The lowest BCUT2D eigenvalue weighted by Gasteiger charge is -2.18. The van der Waals surface area contributed by atoms with E-state index in [4.69, 9.17) is 19.3 Å². The zero-order valence-electron chi connectivity index (χ0n) is 38.2. The quantitative estimate of drug-likeness (QED) is 0.0269. The summed E-state index contributed by atoms with van der Waals surface area (Å²) in [4.78, 5) is 43.0. The number of carbonyl (C=O) groups excluding carboxylic acids is 2. The molecule has 344 valence electrons. The molecule has 0 amide bonds. The molecule has 0 saturated heterocycles. The average Bonchev–Trinajstić information content (AvgIpc) is 3.20. The van der Waals surface area contributed by atoms with Gasteiger partial charge in [0.15, 0.2) is 6.10 Å². The maximum absolute atomic E-state index is 12.4. The number of unbranched alkanes of at least 4 members (excludes halogenated alkanes) is 35. The zero-order chi connectivity index (χ0) is 42.5. The van der Waals surface area contributed by atoms with Crippen LogP contribution < -0.4 is 0 Å². The fourth-order valence-electron chi connectivity index (χ4n) is 7.55. The first kappa shape index (κ1) is 56.8. The number of phosphoric acid groups is 1. The van der Waals surface area contributed by atoms with E-state index >= 15 is 0 Å². The summed E-state index contributed by atoms with van der Waals surface area (Å²) in [6.45, 7) is 3.73. The first-order chi connectivity index (χ1) is 28.3. The van der Waals surface area contributed by atoms with Gasteiger partial charge in [-0.15, -0.1) is 0 Å². The fourth-order valence-corrected chi connectivity index (χ4v) is 7.91. The molecule has 0 saturated carbocycles. The molecule has 9 heteroatoms. The van der Waals surface area contributed by atoms with Gasteiger partial charge < -0.3 is 19.3 Å². The van der Waals surface area contributed by atoms with Gasteiger partial charge >= 0.3 is 19.8 Å². The van der Waals surface area contributed by atoms with Gasteiger partial charge in [-0.3, -0.25) is 14.1 Å². The van der Waals surface area contributed by atoms with Crippen LogP contribution in [0.3, 0.4) is 0 Å². The van der Waals surface area contributed by atoms with E-state index in [1.54, 1.807) is 0 Å². The average molecular weight is 843 g/mol. The highest BCUT2D eigenvalue weighted by atomic mass is 31.2. The normalized spacial score (nSPS) is 12.4. The molecule has 0 aliphatic heterocycles. The molecule has 1 atom stereocenters. The Labute approximate surface area is 358 Å². The SMILES string of the molecule is CCCCCCCC/C=C\CCCCCCCCCC(=O)OC(COC(=O)CCCCCCCCCCCCCCCCCCCCCCCCC)COP(=O)(O)O. The van der Waals surface area contributed by atoms with Crippen molar-refractivity contribution in [2.24, 2.45) is 0 Å². The van der Waals surface area contributed by atoms with Crippen LogP contribution in [0.2, 0.25) is 0 Å². The van der Waals surface area contributed by atoms with E-state index in [1.165, 1.54) is 193 Å². The van der Waals surface area contributed by atoms with E-state index in [-0.39, 0.29) is 19.4 Å². The molecule has 0 rings (SSSR count). The molecule has 2 N–H and O–H groups in total. The van der Waals surface area contributed by atoms with Crippen LogP contribution in [-0.2, 0) is 28.2 Å². The molecule has 0 heterocycles. The summed E-state index contributed by atoms with van der Waals surface area (Å²) in [5.74, 6) is -0.872. The topological polar surface area (TPSA) is 119 Å². The van der Waals surface area contributed by atoms with Gasteiger partial charge in [-0.1, -0.05) is 231 Å². The third-order valence-electron chi connectivity index (χ3n) is 11.3. The fraction of sp³-hybridized carbons (Fsp3) is 0.918. The van der Waals surface area contributed by atoms with Gasteiger partial charge in [0.2, 0.25) is 0 Å². The van der Waals surface area contributed by atoms with Crippen molar-refractivity contribution in [2.45, 2.75) is 277 Å². The zero-order valence-corrected chi connectivity index (χ0v) is 39.1. The Morgan fingerprint density at radius 2 is 0.724 bits per heavy atom. The summed E-state index contributed by atoms with van der Waals surface area (Å²) in [5.41, 5.74) is 0. The van der Waals surface area contributed by atoms with Gasteiger partial charge in [-0.2, -0.15) is 0 Å². The highest BCUT2D eigenvalue weighted by molar-refractivity contribution is 7.46. The Balaban J connectivity index is 3.77. The van der Waals surface area contributed by atoms with Crippen LogP contribution in [0.5, 0.6) is 0 Å². The van der Waals surface area contributed by atoms with Gasteiger partial charge in [0.25, 0.3) is 0 Å². The van der Waals surface area contributed by atoms with E-state index in [9.17, 15) is 14.2 Å². The predicted molar refractivity (Wildman–Crippen MR) is 244 cm³/mol. The molecule has 0 aliphatic carbocycles.